The summed E-state index contributed by atoms with van der Waals surface area (Å²) in [5.41, 5.74) is 5.61. The molecule has 17 heteroatoms. The van der Waals surface area contributed by atoms with Crippen molar-refractivity contribution in [3.63, 3.8) is 0 Å². The summed E-state index contributed by atoms with van der Waals surface area (Å²) in [6, 6.07) is 34.9. The molecule has 71 heavy (non-hydrogen) atoms. The molecule has 0 bridgehead atoms. The van der Waals surface area contributed by atoms with Crippen molar-refractivity contribution in [2.45, 2.75) is 11.8 Å². The number of nitrogens with two attached hydrogens (primary N) is 1. The average Bonchev–Trinajstić information content (AvgIpc) is 3.70. The molecule has 3 N–H and O–H groups in total. The van der Waals surface area contributed by atoms with Gasteiger partial charge in [-0.15, -0.1) is 0 Å². The third-order valence-corrected chi connectivity index (χ3v) is 10.9. The van der Waals surface area contributed by atoms with Crippen LogP contribution in [0.15, 0.2) is 126 Å². The van der Waals surface area contributed by atoms with E-state index in [1.807, 2.05) is 78.9 Å². The zero-order valence-electron chi connectivity index (χ0n) is 40.2. The van der Waals surface area contributed by atoms with Crippen molar-refractivity contribution < 1.29 is 70.5 Å². The second-order valence-electron chi connectivity index (χ2n) is 14.8. The molecule has 0 aromatic heterocycles. The Bertz CT molecular complexity index is 2940. The Kier molecular flexibility index (Phi) is 20.2. The van der Waals surface area contributed by atoms with E-state index in [1.165, 1.54) is 18.2 Å². The lowest BCUT2D eigenvalue weighted by atomic mass is 10.0. The summed E-state index contributed by atoms with van der Waals surface area (Å²) in [5.74, 6) is 3.25. The quantitative estimate of drug-likeness (QED) is 0.0270. The van der Waals surface area contributed by atoms with Crippen LogP contribution in [0.25, 0.3) is 36.0 Å². The summed E-state index contributed by atoms with van der Waals surface area (Å²) in [4.78, 5) is 24.1. The zero-order valence-corrected chi connectivity index (χ0v) is 41.0. The molecule has 0 fully saturated rings. The molecule has 0 radical (unpaired) electrons. The van der Waals surface area contributed by atoms with Crippen LogP contribution in [0.3, 0.4) is 0 Å². The molecule has 0 unspecified atom stereocenters. The first-order chi connectivity index (χ1) is 34.2. The van der Waals surface area contributed by atoms with Crippen LogP contribution in [-0.2, 0) is 29.0 Å². The Morgan fingerprint density at radius 1 is 0.606 bits per heavy atom. The molecule has 6 aromatic rings. The standard InChI is InChI=1S/C19H18O6.C19H20O5.C16H17NO4S/c1-21-11-23-14-7-13(8-15(10-14)24-12-22-2)9-17-16-5-3-4-6-18(16)25-19(17)20;1-4-24-19(21)15-11-13(7-9-16(15)20)5-6-14-8-10-17(22-2)18(12-14)23-3;1-20-15-10-7-13(11-16(15)21-2)4-3-12-5-8-14(9-6-12)22(17,18)19/h3-10H,11-12H2,1-2H3;5-12,20H,4H2,1-3H3;3-11H,1-2H3,(H2,17,18,19). The van der Waals surface area contributed by atoms with Crippen LogP contribution in [-0.4, -0.2) is 88.3 Å². The summed E-state index contributed by atoms with van der Waals surface area (Å²) in [5, 5.41) is 14.8. The lowest BCUT2D eigenvalue weighted by Crippen LogP contribution is -2.11. The van der Waals surface area contributed by atoms with Gasteiger partial charge in [-0.3, -0.25) is 0 Å². The van der Waals surface area contributed by atoms with Crippen molar-refractivity contribution in [3.05, 3.63) is 160 Å². The Morgan fingerprint density at radius 2 is 1.10 bits per heavy atom. The van der Waals surface area contributed by atoms with E-state index >= 15 is 0 Å². The largest absolute Gasteiger partial charge is 0.507 e. The van der Waals surface area contributed by atoms with Crippen LogP contribution < -0.4 is 38.3 Å². The minimum atomic E-state index is -3.66. The van der Waals surface area contributed by atoms with Crippen LogP contribution >= 0.6 is 0 Å². The number of fused-ring (bicyclic) bond motifs is 1. The molecule has 16 nitrogen and oxygen atoms in total. The molecule has 0 spiro atoms. The van der Waals surface area contributed by atoms with Gasteiger partial charge in [-0.05, 0) is 108 Å². The third-order valence-electron chi connectivity index (χ3n) is 9.98. The minimum Gasteiger partial charge on any atom is -0.507 e. The Balaban J connectivity index is 0.000000199. The van der Waals surface area contributed by atoms with E-state index < -0.39 is 16.0 Å². The SMILES string of the molecule is CCOC(=O)c1cc(C=Cc2ccc(OC)c(OC)c2)ccc1O.COCOc1cc(C=C2C(=O)Oc3ccccc32)cc(OCOC)c1.COc1ccc(C=Cc2ccc(S(N)(=O)=O)cc2)cc1OC. The Morgan fingerprint density at radius 3 is 1.61 bits per heavy atom. The van der Waals surface area contributed by atoms with Gasteiger partial charge in [-0.2, -0.15) is 0 Å². The highest BCUT2D eigenvalue weighted by molar-refractivity contribution is 7.89. The topological polar surface area (TPSA) is 207 Å². The fraction of sp³-hybridized carbons (Fsp3) is 0.185. The van der Waals surface area contributed by atoms with Crippen LogP contribution in [0.1, 0.15) is 50.7 Å². The number of ether oxygens (including phenoxy) is 10. The van der Waals surface area contributed by atoms with Crippen LogP contribution in [0.5, 0.6) is 46.0 Å². The normalized spacial score (nSPS) is 12.2. The smallest absolute Gasteiger partial charge is 0.344 e. The molecule has 0 amide bonds. The van der Waals surface area contributed by atoms with Gasteiger partial charge in [0.2, 0.25) is 10.0 Å². The maximum atomic E-state index is 12.2. The number of benzene rings is 6. The van der Waals surface area contributed by atoms with Crippen molar-refractivity contribution >= 4 is 57.9 Å². The maximum absolute atomic E-state index is 12.2. The minimum absolute atomic E-state index is 0.0933. The number of rotatable bonds is 18. The van der Waals surface area contributed by atoms with Gasteiger partial charge in [0.1, 0.15) is 28.6 Å². The number of methoxy groups -OCH3 is 6. The van der Waals surface area contributed by atoms with Crippen molar-refractivity contribution in [2.75, 3.05) is 62.9 Å². The van der Waals surface area contributed by atoms with Crippen molar-refractivity contribution in [1.29, 1.82) is 0 Å². The molecular formula is C54H55NO15S. The molecule has 0 atom stereocenters. The fourth-order valence-electron chi connectivity index (χ4n) is 6.54. The average molecular weight is 990 g/mol. The first-order valence-electron chi connectivity index (χ1n) is 21.6. The first-order valence-corrected chi connectivity index (χ1v) is 23.1. The summed E-state index contributed by atoms with van der Waals surface area (Å²) in [6.45, 7) is 2.18. The number of carbonyl (C=O) groups is 2. The van der Waals surface area contributed by atoms with Gasteiger partial charge in [-0.1, -0.05) is 72.8 Å². The molecule has 7 rings (SSSR count). The number of carbonyl (C=O) groups excluding carboxylic acids is 2. The molecule has 1 aliphatic rings. The molecule has 0 saturated carbocycles. The van der Waals surface area contributed by atoms with E-state index in [4.69, 9.17) is 52.5 Å². The zero-order chi connectivity index (χ0) is 51.3. The Hall–Kier alpha value is -8.09. The van der Waals surface area contributed by atoms with E-state index in [1.54, 1.807) is 104 Å². The number of phenols is 1. The highest BCUT2D eigenvalue weighted by atomic mass is 32.2. The number of para-hydroxylation sites is 1. The van der Waals surface area contributed by atoms with Crippen LogP contribution in [0, 0.1) is 0 Å². The van der Waals surface area contributed by atoms with Crippen molar-refractivity contribution in [1.82, 2.24) is 0 Å². The van der Waals surface area contributed by atoms with Crippen LogP contribution in [0.4, 0.5) is 0 Å². The number of hydrogen-bond donors (Lipinski definition) is 2. The summed E-state index contributed by atoms with van der Waals surface area (Å²) >= 11 is 0. The second-order valence-corrected chi connectivity index (χ2v) is 16.4. The van der Waals surface area contributed by atoms with E-state index in [9.17, 15) is 23.1 Å². The number of hydrogen-bond acceptors (Lipinski definition) is 15. The molecule has 372 valence electrons. The number of sulfonamides is 1. The molecule has 1 aliphatic heterocycles. The maximum Gasteiger partial charge on any atom is 0.344 e. The highest BCUT2D eigenvalue weighted by Crippen LogP contribution is 2.36. The van der Waals surface area contributed by atoms with Gasteiger partial charge in [0.05, 0.1) is 45.5 Å². The molecule has 0 aliphatic carbocycles. The van der Waals surface area contributed by atoms with Gasteiger partial charge in [0.25, 0.3) is 0 Å². The second kappa shape index (κ2) is 26.6. The van der Waals surface area contributed by atoms with Gasteiger partial charge < -0.3 is 52.5 Å². The lowest BCUT2D eigenvalue weighted by Gasteiger charge is -2.10. The first kappa shape index (κ1) is 53.9. The summed E-state index contributed by atoms with van der Waals surface area (Å²) < 4.78 is 74.3. The molecule has 0 saturated heterocycles. The van der Waals surface area contributed by atoms with E-state index in [0.717, 1.165) is 33.4 Å². The molecule has 1 heterocycles. The lowest BCUT2D eigenvalue weighted by molar-refractivity contribution is -0.126. The predicted molar refractivity (Wildman–Crippen MR) is 270 cm³/mol. The number of primary sulfonamides is 1. The fourth-order valence-corrected chi connectivity index (χ4v) is 7.06. The predicted octanol–water partition coefficient (Wildman–Crippen LogP) is 9.39. The summed E-state index contributed by atoms with van der Waals surface area (Å²) in [7, 11) is 5.75. The monoisotopic (exact) mass is 989 g/mol. The van der Waals surface area contributed by atoms with Crippen molar-refractivity contribution in [3.8, 4) is 46.0 Å². The highest BCUT2D eigenvalue weighted by Gasteiger charge is 2.26. The third kappa shape index (κ3) is 15.7. The van der Waals surface area contributed by atoms with E-state index in [0.29, 0.717) is 45.8 Å². The van der Waals surface area contributed by atoms with Gasteiger partial charge in [0, 0.05) is 25.8 Å². The number of phenolic OH excluding ortho intramolecular Hbond substituents is 1. The summed E-state index contributed by atoms with van der Waals surface area (Å²) in [6.07, 6.45) is 9.22. The van der Waals surface area contributed by atoms with Crippen molar-refractivity contribution in [2.24, 2.45) is 5.14 Å². The van der Waals surface area contributed by atoms with Gasteiger partial charge >= 0.3 is 11.9 Å². The molecule has 6 aromatic carbocycles. The van der Waals surface area contributed by atoms with E-state index in [-0.39, 0.29) is 42.4 Å². The van der Waals surface area contributed by atoms with Gasteiger partial charge in [-0.25, -0.2) is 23.1 Å². The van der Waals surface area contributed by atoms with Crippen LogP contribution in [0.2, 0.25) is 0 Å². The Labute approximate surface area is 413 Å². The van der Waals surface area contributed by atoms with E-state index in [2.05, 4.69) is 0 Å². The number of esters is 2. The number of aromatic hydroxyl groups is 1. The molecular weight excluding hydrogens is 935 g/mol. The van der Waals surface area contributed by atoms with Gasteiger partial charge in [0.15, 0.2) is 36.6 Å².